The Hall–Kier alpha value is -6.10. The number of allylic oxidation sites excluding steroid dienone is 1. The van der Waals surface area contributed by atoms with Crippen LogP contribution >= 0.6 is 0 Å². The van der Waals surface area contributed by atoms with E-state index in [2.05, 4.69) is 22.2 Å². The first-order chi connectivity index (χ1) is 27.9. The second-order valence-corrected chi connectivity index (χ2v) is 14.3. The van der Waals surface area contributed by atoms with Crippen LogP contribution in [0.2, 0.25) is 0 Å². The summed E-state index contributed by atoms with van der Waals surface area (Å²) in [5, 5.41) is 7.11. The molecule has 2 aliphatic rings. The number of imide groups is 1. The van der Waals surface area contributed by atoms with Crippen molar-refractivity contribution >= 4 is 40.1 Å². The molecule has 4 amide bonds. The van der Waals surface area contributed by atoms with Gasteiger partial charge in [0.1, 0.15) is 17.5 Å². The summed E-state index contributed by atoms with van der Waals surface area (Å²) < 4.78 is 24.5. The highest BCUT2D eigenvalue weighted by atomic mass is 16.5. The predicted octanol–water partition coefficient (Wildman–Crippen LogP) is 3.04. The van der Waals surface area contributed by atoms with Crippen molar-refractivity contribution in [3.05, 3.63) is 94.3 Å². The first kappa shape index (κ1) is 41.5. The fourth-order valence-electron chi connectivity index (χ4n) is 7.09. The second kappa shape index (κ2) is 18.4. The predicted molar refractivity (Wildman–Crippen MR) is 217 cm³/mol. The molecule has 2 aromatic carbocycles. The number of hydrogen-bond acceptors (Lipinski definition) is 12. The number of carbonyl (C=O) groups is 4. The van der Waals surface area contributed by atoms with Crippen molar-refractivity contribution in [1.82, 2.24) is 29.6 Å². The molecular weight excluding hydrogens is 747 g/mol. The van der Waals surface area contributed by atoms with E-state index in [0.717, 1.165) is 27.0 Å². The highest BCUT2D eigenvalue weighted by Gasteiger charge is 2.44. The second-order valence-electron chi connectivity index (χ2n) is 14.3. The lowest BCUT2D eigenvalue weighted by molar-refractivity contribution is -0.131. The van der Waals surface area contributed by atoms with Gasteiger partial charge in [0.05, 0.1) is 69.3 Å². The molecule has 16 heteroatoms. The highest BCUT2D eigenvalue weighted by Crippen LogP contribution is 2.38. The molecule has 2 aromatic heterocycles. The smallest absolute Gasteiger partial charge is 0.262 e. The molecule has 4 aromatic rings. The summed E-state index contributed by atoms with van der Waals surface area (Å²) in [6.07, 6.45) is 5.86. The number of aryl methyl sites for hydroxylation is 1. The number of amides is 4. The third-order valence-corrected chi connectivity index (χ3v) is 10.2. The van der Waals surface area contributed by atoms with Crippen LogP contribution in [0.25, 0.3) is 21.9 Å². The summed E-state index contributed by atoms with van der Waals surface area (Å²) in [6, 6.07) is 9.71. The third kappa shape index (κ3) is 9.04. The summed E-state index contributed by atoms with van der Waals surface area (Å²) >= 11 is 0. The minimum atomic E-state index is -0.856. The minimum Gasteiger partial charge on any atom is -0.496 e. The van der Waals surface area contributed by atoms with Gasteiger partial charge in [0.15, 0.2) is 0 Å². The molecule has 0 saturated carbocycles. The zero-order chi connectivity index (χ0) is 41.5. The van der Waals surface area contributed by atoms with E-state index in [1.54, 1.807) is 70.0 Å². The van der Waals surface area contributed by atoms with E-state index in [0.29, 0.717) is 87.2 Å². The summed E-state index contributed by atoms with van der Waals surface area (Å²) in [4.78, 5) is 73.0. The third-order valence-electron chi connectivity index (χ3n) is 10.2. The van der Waals surface area contributed by atoms with E-state index in [1.165, 1.54) is 4.57 Å². The fraction of sp³-hybridized carbons (Fsp3) is 0.381. The van der Waals surface area contributed by atoms with Crippen LogP contribution in [0.15, 0.2) is 72.1 Å². The monoisotopic (exact) mass is 795 g/mol. The van der Waals surface area contributed by atoms with Gasteiger partial charge in [0.2, 0.25) is 11.8 Å². The Labute approximate surface area is 336 Å². The molecule has 1 saturated heterocycles. The molecule has 0 aliphatic carbocycles. The van der Waals surface area contributed by atoms with Crippen molar-refractivity contribution in [1.29, 1.82) is 0 Å². The van der Waals surface area contributed by atoms with Crippen molar-refractivity contribution in [3.8, 4) is 22.6 Å². The largest absolute Gasteiger partial charge is 0.496 e. The van der Waals surface area contributed by atoms with Gasteiger partial charge < -0.3 is 39.0 Å². The molecule has 1 fully saturated rings. The molecule has 4 heterocycles. The zero-order valence-electron chi connectivity index (χ0n) is 33.5. The molecule has 2 N–H and O–H groups in total. The first-order valence-electron chi connectivity index (χ1n) is 18.9. The van der Waals surface area contributed by atoms with Crippen molar-refractivity contribution in [2.24, 2.45) is 7.05 Å². The molecule has 1 atom stereocenters. The standard InChI is InChI=1S/C42H49N7O9/c1-26-7-10-35(39(51)45-26)49-41(53)30-9-8-28(21-31(30)42(49)54)44-13-15-57-17-18-58-16-14-47(3)38(50)25-46(2)23-34-36(55-5)19-27(20-37(34)56-6)33-24-48(4)40(52)32-22-43-12-11-29(32)33/h8-9,11-12,19-22,24,35,44H,1,7,10,13-18,23,25H2,2-6H3,(H,45,51). The van der Waals surface area contributed by atoms with Gasteiger partial charge in [0, 0.05) is 69.3 Å². The van der Waals surface area contributed by atoms with Crippen molar-refractivity contribution in [2.45, 2.75) is 25.4 Å². The number of fused-ring (bicyclic) bond motifs is 2. The van der Waals surface area contributed by atoms with Gasteiger partial charge in [-0.3, -0.25) is 38.8 Å². The number of pyridine rings is 2. The molecular formula is C42H49N7O9. The van der Waals surface area contributed by atoms with Crippen LogP contribution in [-0.2, 0) is 32.7 Å². The molecule has 6 rings (SSSR count). The Balaban J connectivity index is 0.904. The molecule has 16 nitrogen and oxygen atoms in total. The van der Waals surface area contributed by atoms with E-state index in [1.807, 2.05) is 30.1 Å². The lowest BCUT2D eigenvalue weighted by atomic mass is 9.99. The van der Waals surface area contributed by atoms with Crippen molar-refractivity contribution in [2.75, 3.05) is 79.7 Å². The first-order valence-corrected chi connectivity index (χ1v) is 18.9. The summed E-state index contributed by atoms with van der Waals surface area (Å²) in [7, 11) is 8.46. The number of anilines is 1. The van der Waals surface area contributed by atoms with Crippen LogP contribution < -0.4 is 25.7 Å². The quantitative estimate of drug-likeness (QED) is 0.112. The summed E-state index contributed by atoms with van der Waals surface area (Å²) in [5.74, 6) is -0.258. The van der Waals surface area contributed by atoms with E-state index in [4.69, 9.17) is 18.9 Å². The van der Waals surface area contributed by atoms with Crippen LogP contribution in [0.5, 0.6) is 11.5 Å². The number of benzene rings is 2. The van der Waals surface area contributed by atoms with Crippen LogP contribution in [0, 0.1) is 0 Å². The minimum absolute atomic E-state index is 0.0793. The molecule has 0 bridgehead atoms. The average Bonchev–Trinajstić information content (AvgIpc) is 3.46. The number of likely N-dealkylation sites (N-methyl/N-ethyl adjacent to an activating group) is 2. The highest BCUT2D eigenvalue weighted by molar-refractivity contribution is 6.23. The zero-order valence-corrected chi connectivity index (χ0v) is 33.5. The lowest BCUT2D eigenvalue weighted by Crippen LogP contribution is -2.51. The van der Waals surface area contributed by atoms with Gasteiger partial charge in [-0.2, -0.15) is 0 Å². The van der Waals surface area contributed by atoms with E-state index in [9.17, 15) is 24.0 Å². The number of aromatic nitrogens is 2. The number of hydrogen-bond donors (Lipinski definition) is 2. The van der Waals surface area contributed by atoms with Gasteiger partial charge in [-0.15, -0.1) is 0 Å². The number of ether oxygens (including phenoxy) is 4. The maximum atomic E-state index is 13.1. The molecule has 0 spiro atoms. The van der Waals surface area contributed by atoms with Gasteiger partial charge in [-0.1, -0.05) is 6.58 Å². The van der Waals surface area contributed by atoms with E-state index >= 15 is 0 Å². The van der Waals surface area contributed by atoms with Crippen molar-refractivity contribution in [3.63, 3.8) is 0 Å². The fourth-order valence-corrected chi connectivity index (χ4v) is 7.09. The van der Waals surface area contributed by atoms with Crippen LogP contribution in [0.4, 0.5) is 5.69 Å². The Morgan fingerprint density at radius 2 is 1.64 bits per heavy atom. The molecule has 2 aliphatic heterocycles. The topological polar surface area (TPSA) is 174 Å². The Morgan fingerprint density at radius 1 is 0.931 bits per heavy atom. The van der Waals surface area contributed by atoms with Gasteiger partial charge in [-0.25, -0.2) is 0 Å². The number of nitrogens with zero attached hydrogens (tertiary/aromatic N) is 5. The number of carbonyl (C=O) groups excluding carboxylic acids is 4. The van der Waals surface area contributed by atoms with Crippen LogP contribution in [0.1, 0.15) is 39.1 Å². The Kier molecular flexibility index (Phi) is 13.2. The molecule has 1 unspecified atom stereocenters. The number of rotatable bonds is 18. The van der Waals surface area contributed by atoms with E-state index in [-0.39, 0.29) is 29.1 Å². The Bertz CT molecular complexity index is 2270. The van der Waals surface area contributed by atoms with E-state index < -0.39 is 23.8 Å². The SMILES string of the molecule is C=C1CCC(N2C(=O)c3ccc(NCCOCCOCCN(C)C(=O)CN(C)Cc4c(OC)cc(-c5cn(C)c(=O)c6cnccc56)cc4OC)cc3C2=O)C(=O)N1. The number of nitrogens with one attached hydrogen (secondary N) is 2. The lowest BCUT2D eigenvalue weighted by Gasteiger charge is -2.29. The Morgan fingerprint density at radius 3 is 2.34 bits per heavy atom. The van der Waals surface area contributed by atoms with Gasteiger partial charge in [-0.05, 0) is 67.2 Å². The van der Waals surface area contributed by atoms with Crippen LogP contribution in [0.3, 0.4) is 0 Å². The maximum absolute atomic E-state index is 13.1. The normalized spacial score (nSPS) is 15.2. The van der Waals surface area contributed by atoms with Gasteiger partial charge in [0.25, 0.3) is 17.4 Å². The number of piperidine rings is 1. The van der Waals surface area contributed by atoms with Crippen molar-refractivity contribution < 1.29 is 38.1 Å². The summed E-state index contributed by atoms with van der Waals surface area (Å²) in [5.41, 5.74) is 4.06. The summed E-state index contributed by atoms with van der Waals surface area (Å²) in [6.45, 7) is 6.54. The number of methoxy groups -OCH3 is 2. The molecule has 58 heavy (non-hydrogen) atoms. The molecule has 306 valence electrons. The van der Waals surface area contributed by atoms with Crippen LogP contribution in [-0.4, -0.2) is 128 Å². The molecule has 0 radical (unpaired) electrons. The van der Waals surface area contributed by atoms with Gasteiger partial charge >= 0.3 is 0 Å². The average molecular weight is 796 g/mol. The maximum Gasteiger partial charge on any atom is 0.262 e.